The second-order valence-electron chi connectivity index (χ2n) is 4.59. The van der Waals surface area contributed by atoms with Crippen molar-refractivity contribution in [2.24, 2.45) is 16.8 Å². The average molecular weight is 287 g/mol. The summed E-state index contributed by atoms with van der Waals surface area (Å²) in [6.45, 7) is 0.333. The van der Waals surface area contributed by atoms with Crippen LogP contribution in [-0.2, 0) is 17.8 Å². The Morgan fingerprint density at radius 2 is 2.14 bits per heavy atom. The van der Waals surface area contributed by atoms with Crippen molar-refractivity contribution in [3.63, 3.8) is 0 Å². The highest BCUT2D eigenvalue weighted by molar-refractivity contribution is 6.02. The number of carbonyl (C=O) groups is 1. The normalized spacial score (nSPS) is 12.9. The molecule has 0 saturated heterocycles. The van der Waals surface area contributed by atoms with E-state index in [1.165, 1.54) is 0 Å². The van der Waals surface area contributed by atoms with E-state index < -0.39 is 5.92 Å². The second kappa shape index (κ2) is 7.09. The summed E-state index contributed by atoms with van der Waals surface area (Å²) in [6.07, 6.45) is 3.68. The predicted octanol–water partition coefficient (Wildman–Crippen LogP) is 0.631. The van der Waals surface area contributed by atoms with Gasteiger partial charge in [0.25, 0.3) is 0 Å². The Morgan fingerprint density at radius 3 is 2.76 bits per heavy atom. The van der Waals surface area contributed by atoms with E-state index in [9.17, 15) is 4.79 Å². The van der Waals surface area contributed by atoms with E-state index in [1.807, 2.05) is 30.3 Å². The molecule has 0 aliphatic carbocycles. The van der Waals surface area contributed by atoms with Gasteiger partial charge in [0.1, 0.15) is 5.92 Å². The summed E-state index contributed by atoms with van der Waals surface area (Å²) in [7, 11) is 0. The van der Waals surface area contributed by atoms with Crippen molar-refractivity contribution in [2.45, 2.75) is 13.0 Å². The van der Waals surface area contributed by atoms with Crippen LogP contribution in [0.25, 0.3) is 0 Å². The van der Waals surface area contributed by atoms with Gasteiger partial charge < -0.3 is 16.3 Å². The molecular weight excluding hydrogens is 270 g/mol. The molecule has 1 atom stereocenters. The zero-order valence-electron chi connectivity index (χ0n) is 11.4. The maximum Gasteiger partial charge on any atom is 0.231 e. The molecule has 5 N–H and O–H groups in total. The van der Waals surface area contributed by atoms with Crippen LogP contribution in [-0.4, -0.2) is 27.1 Å². The Balaban J connectivity index is 2.03. The zero-order valence-corrected chi connectivity index (χ0v) is 11.4. The Morgan fingerprint density at radius 1 is 1.38 bits per heavy atom. The zero-order chi connectivity index (χ0) is 15.1. The van der Waals surface area contributed by atoms with Gasteiger partial charge in [0.05, 0.1) is 6.20 Å². The third-order valence-electron chi connectivity index (χ3n) is 3.09. The van der Waals surface area contributed by atoms with Crippen LogP contribution in [0.4, 0.5) is 0 Å². The van der Waals surface area contributed by atoms with Crippen molar-refractivity contribution in [2.75, 3.05) is 0 Å². The lowest BCUT2D eigenvalue weighted by atomic mass is 9.97. The molecule has 0 aliphatic heterocycles. The molecule has 7 heteroatoms. The van der Waals surface area contributed by atoms with Crippen molar-refractivity contribution in [3.05, 3.63) is 53.9 Å². The molecule has 0 fully saturated rings. The Bertz CT molecular complexity index is 595. The predicted molar refractivity (Wildman–Crippen MR) is 77.5 cm³/mol. The highest BCUT2D eigenvalue weighted by atomic mass is 16.4. The molecule has 1 heterocycles. The van der Waals surface area contributed by atoms with Crippen LogP contribution in [0.5, 0.6) is 0 Å². The summed E-state index contributed by atoms with van der Waals surface area (Å²) in [5, 5.41) is 21.0. The summed E-state index contributed by atoms with van der Waals surface area (Å²) < 4.78 is 0. The Kier molecular flexibility index (Phi) is 4.92. The number of hydrogen-bond donors (Lipinski definition) is 4. The topological polar surface area (TPSA) is 116 Å². The van der Waals surface area contributed by atoms with E-state index in [1.54, 1.807) is 12.4 Å². The van der Waals surface area contributed by atoms with Crippen LogP contribution >= 0.6 is 0 Å². The molecule has 0 spiro atoms. The number of aromatic amines is 1. The number of rotatable bonds is 6. The van der Waals surface area contributed by atoms with Gasteiger partial charge in [0.15, 0.2) is 5.84 Å². The molecule has 0 aliphatic rings. The summed E-state index contributed by atoms with van der Waals surface area (Å²) in [6, 6.07) is 9.42. The fourth-order valence-electron chi connectivity index (χ4n) is 1.94. The van der Waals surface area contributed by atoms with E-state index in [4.69, 9.17) is 10.9 Å². The number of nitrogens with one attached hydrogen (secondary N) is 2. The molecule has 1 amide bonds. The van der Waals surface area contributed by atoms with Gasteiger partial charge in [-0.2, -0.15) is 5.10 Å². The van der Waals surface area contributed by atoms with Crippen molar-refractivity contribution in [1.29, 1.82) is 0 Å². The maximum atomic E-state index is 12.2. The molecule has 1 aromatic heterocycles. The fraction of sp³-hybridized carbons (Fsp3) is 0.214. The first-order chi connectivity index (χ1) is 10.2. The third-order valence-corrected chi connectivity index (χ3v) is 3.09. The Labute approximate surface area is 121 Å². The van der Waals surface area contributed by atoms with Crippen LogP contribution in [0.3, 0.4) is 0 Å². The van der Waals surface area contributed by atoms with Crippen LogP contribution in [0, 0.1) is 5.92 Å². The standard InChI is InChI=1S/C14H17N5O2/c15-13(19-21)12(6-10-4-2-1-3-5-10)14(20)16-7-11-8-17-18-9-11/h1-5,8-9,12,21H,6-7H2,(H2,15,19)(H,16,20)(H,17,18). The first-order valence-corrected chi connectivity index (χ1v) is 6.47. The van der Waals surface area contributed by atoms with Crippen molar-refractivity contribution < 1.29 is 10.0 Å². The van der Waals surface area contributed by atoms with Crippen LogP contribution in [0.1, 0.15) is 11.1 Å². The van der Waals surface area contributed by atoms with Crippen molar-refractivity contribution in [1.82, 2.24) is 15.5 Å². The fourth-order valence-corrected chi connectivity index (χ4v) is 1.94. The molecule has 1 aromatic carbocycles. The second-order valence-corrected chi connectivity index (χ2v) is 4.59. The number of H-pyrrole nitrogens is 1. The highest BCUT2D eigenvalue weighted by Gasteiger charge is 2.23. The van der Waals surface area contributed by atoms with Gasteiger partial charge in [0, 0.05) is 18.3 Å². The van der Waals surface area contributed by atoms with Crippen LogP contribution in [0.2, 0.25) is 0 Å². The minimum Gasteiger partial charge on any atom is -0.409 e. The van der Waals surface area contributed by atoms with Gasteiger partial charge >= 0.3 is 0 Å². The summed E-state index contributed by atoms with van der Waals surface area (Å²) in [4.78, 5) is 12.2. The number of nitrogens with two attached hydrogens (primary N) is 1. The highest BCUT2D eigenvalue weighted by Crippen LogP contribution is 2.10. The number of benzene rings is 1. The summed E-state index contributed by atoms with van der Waals surface area (Å²) >= 11 is 0. The van der Waals surface area contributed by atoms with Crippen molar-refractivity contribution in [3.8, 4) is 0 Å². The molecule has 21 heavy (non-hydrogen) atoms. The number of amidine groups is 1. The lowest BCUT2D eigenvalue weighted by Gasteiger charge is -2.15. The average Bonchev–Trinajstić information content (AvgIpc) is 3.04. The van der Waals surface area contributed by atoms with Crippen molar-refractivity contribution >= 4 is 11.7 Å². The minimum atomic E-state index is -0.718. The number of hydrogen-bond acceptors (Lipinski definition) is 4. The molecule has 0 radical (unpaired) electrons. The molecule has 0 bridgehead atoms. The monoisotopic (exact) mass is 287 g/mol. The van der Waals surface area contributed by atoms with Gasteiger partial charge in [-0.15, -0.1) is 0 Å². The molecule has 7 nitrogen and oxygen atoms in total. The minimum absolute atomic E-state index is 0.108. The molecule has 0 saturated carbocycles. The van der Waals surface area contributed by atoms with E-state index in [2.05, 4.69) is 20.7 Å². The number of carbonyl (C=O) groups excluding carboxylic acids is 1. The number of oxime groups is 1. The van der Waals surface area contributed by atoms with Gasteiger partial charge in [-0.25, -0.2) is 0 Å². The SMILES string of the molecule is NC(=NO)C(Cc1ccccc1)C(=O)NCc1cn[nH]c1. The van der Waals surface area contributed by atoms with E-state index in [-0.39, 0.29) is 11.7 Å². The van der Waals surface area contributed by atoms with Gasteiger partial charge in [-0.1, -0.05) is 35.5 Å². The lowest BCUT2D eigenvalue weighted by Crippen LogP contribution is -2.39. The molecular formula is C14H17N5O2. The van der Waals surface area contributed by atoms with Crippen LogP contribution < -0.4 is 11.1 Å². The van der Waals surface area contributed by atoms with Gasteiger partial charge in [-0.3, -0.25) is 9.89 Å². The molecule has 2 aromatic rings. The van der Waals surface area contributed by atoms with E-state index >= 15 is 0 Å². The first-order valence-electron chi connectivity index (χ1n) is 6.47. The largest absolute Gasteiger partial charge is 0.409 e. The summed E-state index contributed by atoms with van der Waals surface area (Å²) in [5.74, 6) is -1.12. The summed E-state index contributed by atoms with van der Waals surface area (Å²) in [5.41, 5.74) is 7.42. The van der Waals surface area contributed by atoms with Crippen LogP contribution in [0.15, 0.2) is 47.9 Å². The van der Waals surface area contributed by atoms with Gasteiger partial charge in [-0.05, 0) is 12.0 Å². The molecule has 1 unspecified atom stereocenters. The lowest BCUT2D eigenvalue weighted by molar-refractivity contribution is -0.123. The van der Waals surface area contributed by atoms with E-state index in [0.29, 0.717) is 13.0 Å². The maximum absolute atomic E-state index is 12.2. The third kappa shape index (κ3) is 4.07. The molecule has 110 valence electrons. The number of amides is 1. The molecule has 2 rings (SSSR count). The Hall–Kier alpha value is -2.83. The number of nitrogens with zero attached hydrogens (tertiary/aromatic N) is 2. The smallest absolute Gasteiger partial charge is 0.231 e. The number of aromatic nitrogens is 2. The quantitative estimate of drug-likeness (QED) is 0.270. The first kappa shape index (κ1) is 14.6. The van der Waals surface area contributed by atoms with Gasteiger partial charge in [0.2, 0.25) is 5.91 Å². The van der Waals surface area contributed by atoms with E-state index in [0.717, 1.165) is 11.1 Å².